The molecule has 5 nitrogen and oxygen atoms in total. The van der Waals surface area contributed by atoms with E-state index in [4.69, 9.17) is 10.6 Å². The van der Waals surface area contributed by atoms with Crippen molar-refractivity contribution >= 4 is 11.9 Å². The van der Waals surface area contributed by atoms with Crippen molar-refractivity contribution in [2.24, 2.45) is 16.7 Å². The van der Waals surface area contributed by atoms with E-state index in [-0.39, 0.29) is 22.7 Å². The van der Waals surface area contributed by atoms with E-state index in [9.17, 15) is 9.59 Å². The third-order valence-corrected chi connectivity index (χ3v) is 4.48. The van der Waals surface area contributed by atoms with E-state index < -0.39 is 0 Å². The monoisotopic (exact) mass is 226 g/mol. The second-order valence-electron chi connectivity index (χ2n) is 5.03. The van der Waals surface area contributed by atoms with Crippen LogP contribution in [0.3, 0.4) is 0 Å². The third kappa shape index (κ3) is 1.42. The first kappa shape index (κ1) is 11.4. The number of nitrogens with one attached hydrogen (secondary N) is 1. The molecule has 0 saturated heterocycles. The summed E-state index contributed by atoms with van der Waals surface area (Å²) in [6, 6.07) is 0. The quantitative estimate of drug-likeness (QED) is 0.311. The highest BCUT2D eigenvalue weighted by atomic mass is 16.5. The number of methoxy groups -OCH3 is 1. The minimum atomic E-state index is -0.329. The summed E-state index contributed by atoms with van der Waals surface area (Å²) in [6.07, 6.45) is 4.45. The molecule has 1 amide bonds. The fourth-order valence-electron chi connectivity index (χ4n) is 3.20. The van der Waals surface area contributed by atoms with E-state index in [0.717, 1.165) is 38.5 Å². The molecule has 3 fully saturated rings. The molecule has 0 aliphatic heterocycles. The Hall–Kier alpha value is -1.10. The van der Waals surface area contributed by atoms with Gasteiger partial charge in [0, 0.05) is 0 Å². The highest BCUT2D eigenvalue weighted by molar-refractivity contribution is 5.84. The summed E-state index contributed by atoms with van der Waals surface area (Å²) in [7, 11) is 1.43. The molecule has 0 heterocycles. The molecular formula is C11H18N2O3. The Balaban J connectivity index is 2.14. The lowest BCUT2D eigenvalue weighted by atomic mass is 9.53. The number of carbonyl (C=O) groups is 2. The van der Waals surface area contributed by atoms with Crippen molar-refractivity contribution in [1.29, 1.82) is 0 Å². The maximum absolute atomic E-state index is 11.7. The van der Waals surface area contributed by atoms with Crippen molar-refractivity contribution in [2.75, 3.05) is 7.11 Å². The van der Waals surface area contributed by atoms with Gasteiger partial charge in [-0.15, -0.1) is 0 Å². The van der Waals surface area contributed by atoms with Crippen LogP contribution in [0.1, 0.15) is 38.5 Å². The summed E-state index contributed by atoms with van der Waals surface area (Å²) in [6.45, 7) is 0. The second kappa shape index (κ2) is 3.73. The normalized spacial score (nSPS) is 36.9. The van der Waals surface area contributed by atoms with Gasteiger partial charge in [-0.3, -0.25) is 15.0 Å². The predicted octanol–water partition coefficient (Wildman–Crippen LogP) is 0.490. The molecule has 16 heavy (non-hydrogen) atoms. The highest BCUT2D eigenvalue weighted by Crippen LogP contribution is 2.57. The van der Waals surface area contributed by atoms with Gasteiger partial charge in [0.15, 0.2) is 0 Å². The van der Waals surface area contributed by atoms with Crippen LogP contribution < -0.4 is 11.3 Å². The van der Waals surface area contributed by atoms with E-state index in [0.29, 0.717) is 0 Å². The Labute approximate surface area is 94.7 Å². The van der Waals surface area contributed by atoms with E-state index >= 15 is 0 Å². The Morgan fingerprint density at radius 1 is 1.06 bits per heavy atom. The molecule has 0 spiro atoms. The first-order chi connectivity index (χ1) is 7.58. The summed E-state index contributed by atoms with van der Waals surface area (Å²) in [5, 5.41) is 0. The molecule has 0 radical (unpaired) electrons. The molecule has 0 aromatic carbocycles. The molecule has 3 aliphatic rings. The number of hydrazine groups is 1. The molecule has 5 heteroatoms. The standard InChI is InChI=1S/C11H18N2O3/c1-16-9(15)11-5-2-10(3-6-11,4-7-11)8(14)13-12/h2-7,12H2,1H3,(H,13,14). The number of nitrogens with two attached hydrogens (primary N) is 1. The molecule has 0 atom stereocenters. The lowest BCUT2D eigenvalue weighted by molar-refractivity contribution is -0.166. The fourth-order valence-corrected chi connectivity index (χ4v) is 3.20. The number of rotatable bonds is 2. The molecule has 0 aromatic heterocycles. The van der Waals surface area contributed by atoms with Gasteiger partial charge in [0.2, 0.25) is 5.91 Å². The van der Waals surface area contributed by atoms with E-state index in [1.807, 2.05) is 0 Å². The minimum absolute atomic E-state index is 0.0781. The van der Waals surface area contributed by atoms with Crippen LogP contribution in [0.25, 0.3) is 0 Å². The van der Waals surface area contributed by atoms with Crippen molar-refractivity contribution in [2.45, 2.75) is 38.5 Å². The molecule has 3 rings (SSSR count). The number of amides is 1. The number of esters is 1. The van der Waals surface area contributed by atoms with Crippen molar-refractivity contribution in [3.8, 4) is 0 Å². The van der Waals surface area contributed by atoms with Gasteiger partial charge in [-0.2, -0.15) is 0 Å². The lowest BCUT2D eigenvalue weighted by Gasteiger charge is -2.50. The summed E-state index contributed by atoms with van der Waals surface area (Å²) in [4.78, 5) is 23.5. The first-order valence-corrected chi connectivity index (χ1v) is 5.68. The minimum Gasteiger partial charge on any atom is -0.469 e. The van der Waals surface area contributed by atoms with Gasteiger partial charge in [-0.05, 0) is 38.5 Å². The Morgan fingerprint density at radius 2 is 1.50 bits per heavy atom. The van der Waals surface area contributed by atoms with Gasteiger partial charge in [-0.1, -0.05) is 0 Å². The Morgan fingerprint density at radius 3 is 1.88 bits per heavy atom. The van der Waals surface area contributed by atoms with Crippen LogP contribution in [0, 0.1) is 10.8 Å². The van der Waals surface area contributed by atoms with Crippen molar-refractivity contribution in [3.63, 3.8) is 0 Å². The van der Waals surface area contributed by atoms with Gasteiger partial charge in [0.25, 0.3) is 0 Å². The zero-order valence-electron chi connectivity index (χ0n) is 9.54. The summed E-state index contributed by atoms with van der Waals surface area (Å²) >= 11 is 0. The van der Waals surface area contributed by atoms with Crippen molar-refractivity contribution < 1.29 is 14.3 Å². The number of fused-ring (bicyclic) bond motifs is 3. The molecule has 3 aliphatic carbocycles. The summed E-state index contributed by atoms with van der Waals surface area (Å²) < 4.78 is 4.86. The topological polar surface area (TPSA) is 81.4 Å². The maximum atomic E-state index is 11.7. The van der Waals surface area contributed by atoms with Gasteiger partial charge >= 0.3 is 5.97 Å². The van der Waals surface area contributed by atoms with Crippen LogP contribution in [-0.4, -0.2) is 19.0 Å². The molecule has 0 aromatic rings. The lowest BCUT2D eigenvalue weighted by Crippen LogP contribution is -2.53. The number of carbonyl (C=O) groups excluding carboxylic acids is 2. The molecule has 2 bridgehead atoms. The SMILES string of the molecule is COC(=O)C12CCC(C(=O)NN)(CC1)CC2. The van der Waals surface area contributed by atoms with Crippen LogP contribution in [0.15, 0.2) is 0 Å². The van der Waals surface area contributed by atoms with Crippen LogP contribution >= 0.6 is 0 Å². The Kier molecular flexibility index (Phi) is 2.66. The molecule has 3 N–H and O–H groups in total. The van der Waals surface area contributed by atoms with Crippen molar-refractivity contribution in [1.82, 2.24) is 5.43 Å². The van der Waals surface area contributed by atoms with E-state index in [2.05, 4.69) is 5.43 Å². The summed E-state index contributed by atoms with van der Waals surface area (Å²) in [5.74, 6) is 5.01. The molecule has 90 valence electrons. The van der Waals surface area contributed by atoms with Crippen LogP contribution in [0.4, 0.5) is 0 Å². The van der Waals surface area contributed by atoms with Gasteiger partial charge in [0.1, 0.15) is 0 Å². The number of hydrogen-bond donors (Lipinski definition) is 2. The average molecular weight is 226 g/mol. The molecular weight excluding hydrogens is 208 g/mol. The maximum Gasteiger partial charge on any atom is 0.311 e. The molecule has 3 saturated carbocycles. The van der Waals surface area contributed by atoms with Gasteiger partial charge in [0.05, 0.1) is 17.9 Å². The third-order valence-electron chi connectivity index (χ3n) is 4.48. The fraction of sp³-hybridized carbons (Fsp3) is 0.818. The Bertz CT molecular complexity index is 271. The first-order valence-electron chi connectivity index (χ1n) is 5.68. The zero-order chi connectivity index (χ0) is 11.8. The second-order valence-corrected chi connectivity index (χ2v) is 5.03. The smallest absolute Gasteiger partial charge is 0.311 e. The molecule has 0 unspecified atom stereocenters. The number of ether oxygens (including phenoxy) is 1. The van der Waals surface area contributed by atoms with Crippen LogP contribution in [0.5, 0.6) is 0 Å². The largest absolute Gasteiger partial charge is 0.469 e. The van der Waals surface area contributed by atoms with Crippen LogP contribution in [0.2, 0.25) is 0 Å². The van der Waals surface area contributed by atoms with E-state index in [1.54, 1.807) is 0 Å². The van der Waals surface area contributed by atoms with Gasteiger partial charge < -0.3 is 4.74 Å². The summed E-state index contributed by atoms with van der Waals surface area (Å²) in [5.41, 5.74) is 1.59. The van der Waals surface area contributed by atoms with E-state index in [1.165, 1.54) is 7.11 Å². The highest BCUT2D eigenvalue weighted by Gasteiger charge is 2.55. The zero-order valence-corrected chi connectivity index (χ0v) is 9.54. The van der Waals surface area contributed by atoms with Crippen molar-refractivity contribution in [3.05, 3.63) is 0 Å². The van der Waals surface area contributed by atoms with Gasteiger partial charge in [-0.25, -0.2) is 5.84 Å². The average Bonchev–Trinajstić information content (AvgIpc) is 2.38. The predicted molar refractivity (Wildman–Crippen MR) is 56.9 cm³/mol. The number of hydrogen-bond acceptors (Lipinski definition) is 4. The van der Waals surface area contributed by atoms with Crippen LogP contribution in [-0.2, 0) is 14.3 Å².